The van der Waals surface area contributed by atoms with E-state index in [1.807, 2.05) is 0 Å². The molecule has 0 aliphatic carbocycles. The van der Waals surface area contributed by atoms with Gasteiger partial charge in [-0.3, -0.25) is 4.98 Å². The van der Waals surface area contributed by atoms with E-state index in [0.717, 1.165) is 5.56 Å². The Morgan fingerprint density at radius 2 is 1.65 bits per heavy atom. The van der Waals surface area contributed by atoms with E-state index >= 15 is 0 Å². The fourth-order valence-corrected chi connectivity index (χ4v) is 2.38. The maximum absolute atomic E-state index is 14.3. The molecule has 0 bridgehead atoms. The van der Waals surface area contributed by atoms with Gasteiger partial charge in [-0.2, -0.15) is 0 Å². The Morgan fingerprint density at radius 1 is 0.957 bits per heavy atom. The van der Waals surface area contributed by atoms with E-state index in [4.69, 9.17) is 23.2 Å². The quantitative estimate of drug-likeness (QED) is 0.753. The van der Waals surface area contributed by atoms with E-state index < -0.39 is 11.9 Å². The first-order chi connectivity index (χ1) is 11.1. The molecule has 0 amide bonds. The zero-order valence-electron chi connectivity index (χ0n) is 11.7. The number of pyridine rings is 1. The van der Waals surface area contributed by atoms with Crippen molar-refractivity contribution in [1.82, 2.24) is 15.0 Å². The summed E-state index contributed by atoms with van der Waals surface area (Å²) < 4.78 is 14.3. The van der Waals surface area contributed by atoms with Crippen LogP contribution < -0.4 is 5.32 Å². The first-order valence-corrected chi connectivity index (χ1v) is 7.49. The number of rotatable bonds is 4. The van der Waals surface area contributed by atoms with Gasteiger partial charge < -0.3 is 5.32 Å². The summed E-state index contributed by atoms with van der Waals surface area (Å²) in [6, 6.07) is 9.38. The molecule has 0 fully saturated rings. The van der Waals surface area contributed by atoms with Crippen molar-refractivity contribution in [2.75, 3.05) is 5.32 Å². The normalized spacial score (nSPS) is 12.0. The van der Waals surface area contributed by atoms with Gasteiger partial charge in [-0.05, 0) is 29.8 Å². The molecule has 0 spiro atoms. The van der Waals surface area contributed by atoms with Crippen LogP contribution in [-0.4, -0.2) is 15.0 Å². The molecule has 23 heavy (non-hydrogen) atoms. The average molecular weight is 349 g/mol. The Hall–Kier alpha value is -2.24. The van der Waals surface area contributed by atoms with E-state index in [2.05, 4.69) is 20.3 Å². The van der Waals surface area contributed by atoms with Gasteiger partial charge in [-0.1, -0.05) is 35.3 Å². The van der Waals surface area contributed by atoms with Gasteiger partial charge in [-0.25, -0.2) is 14.4 Å². The lowest BCUT2D eigenvalue weighted by molar-refractivity contribution is 0.592. The third-order valence-electron chi connectivity index (χ3n) is 3.15. The van der Waals surface area contributed by atoms with Crippen molar-refractivity contribution in [2.45, 2.75) is 6.04 Å². The van der Waals surface area contributed by atoms with Crippen molar-refractivity contribution < 1.29 is 4.39 Å². The fourth-order valence-electron chi connectivity index (χ4n) is 2.11. The van der Waals surface area contributed by atoms with E-state index in [1.165, 1.54) is 12.3 Å². The number of halogens is 3. The van der Waals surface area contributed by atoms with Gasteiger partial charge in [-0.15, -0.1) is 0 Å². The third kappa shape index (κ3) is 3.75. The van der Waals surface area contributed by atoms with Crippen molar-refractivity contribution in [3.05, 3.63) is 82.1 Å². The van der Waals surface area contributed by atoms with Gasteiger partial charge in [0.15, 0.2) is 0 Å². The summed E-state index contributed by atoms with van der Waals surface area (Å²) in [5.41, 5.74) is 0.972. The van der Waals surface area contributed by atoms with Crippen molar-refractivity contribution in [3.63, 3.8) is 0 Å². The van der Waals surface area contributed by atoms with Crippen LogP contribution in [0.2, 0.25) is 10.0 Å². The summed E-state index contributed by atoms with van der Waals surface area (Å²) in [6.07, 6.45) is 4.59. The molecule has 0 unspecified atom stereocenters. The number of hydrogen-bond acceptors (Lipinski definition) is 4. The van der Waals surface area contributed by atoms with Crippen LogP contribution in [0, 0.1) is 5.82 Å². The predicted octanol–water partition coefficient (Wildman–Crippen LogP) is 4.52. The molecule has 3 rings (SSSR count). The van der Waals surface area contributed by atoms with Crippen LogP contribution in [0.4, 0.5) is 10.3 Å². The number of nitrogens with one attached hydrogen (secondary N) is 1. The van der Waals surface area contributed by atoms with Crippen LogP contribution in [0.15, 0.2) is 55.0 Å². The minimum absolute atomic E-state index is 0.198. The lowest BCUT2D eigenvalue weighted by atomic mass is 10.0. The average Bonchev–Trinajstić information content (AvgIpc) is 2.55. The van der Waals surface area contributed by atoms with Crippen LogP contribution >= 0.6 is 23.2 Å². The van der Waals surface area contributed by atoms with E-state index in [-0.39, 0.29) is 10.7 Å². The van der Waals surface area contributed by atoms with Crippen molar-refractivity contribution in [2.24, 2.45) is 0 Å². The topological polar surface area (TPSA) is 50.7 Å². The Labute approximate surface area is 142 Å². The smallest absolute Gasteiger partial charge is 0.223 e. The number of benzene rings is 1. The lowest BCUT2D eigenvalue weighted by Crippen LogP contribution is -2.17. The summed E-state index contributed by atoms with van der Waals surface area (Å²) >= 11 is 11.7. The van der Waals surface area contributed by atoms with Crippen molar-refractivity contribution >= 4 is 29.2 Å². The summed E-state index contributed by atoms with van der Waals surface area (Å²) in [7, 11) is 0. The molecule has 1 N–H and O–H groups in total. The Kier molecular flexibility index (Phi) is 4.69. The van der Waals surface area contributed by atoms with Crippen LogP contribution in [-0.2, 0) is 0 Å². The monoisotopic (exact) mass is 348 g/mol. The standard InChI is InChI=1S/C16H11Cl2FN4/c17-11-4-2-10(3-5-11)14(23-16-20-6-1-7-21-16)15-13(19)8-12(18)9-22-15/h1-9,14H,(H,20,21,23)/t14-/m0/s1. The summed E-state index contributed by atoms with van der Waals surface area (Å²) in [6.45, 7) is 0. The number of aromatic nitrogens is 3. The molecule has 2 heterocycles. The molecule has 116 valence electrons. The Balaban J connectivity index is 2.03. The number of anilines is 1. The molecule has 0 saturated carbocycles. The molecule has 1 atom stereocenters. The highest BCUT2D eigenvalue weighted by Crippen LogP contribution is 2.28. The zero-order chi connectivity index (χ0) is 16.2. The first-order valence-electron chi connectivity index (χ1n) is 6.73. The zero-order valence-corrected chi connectivity index (χ0v) is 13.3. The molecule has 0 aliphatic rings. The molecule has 7 heteroatoms. The molecule has 0 radical (unpaired) electrons. The number of nitrogens with zero attached hydrogens (tertiary/aromatic N) is 3. The van der Waals surface area contributed by atoms with Crippen LogP contribution in [0.25, 0.3) is 0 Å². The molecule has 2 aromatic heterocycles. The fraction of sp³-hybridized carbons (Fsp3) is 0.0625. The van der Waals surface area contributed by atoms with Gasteiger partial charge in [0.05, 0.1) is 11.1 Å². The second-order valence-corrected chi connectivity index (χ2v) is 5.59. The minimum Gasteiger partial charge on any atom is -0.342 e. The van der Waals surface area contributed by atoms with E-state index in [0.29, 0.717) is 11.0 Å². The SMILES string of the molecule is Fc1cc(Cl)cnc1[C@@H](Nc1ncccn1)c1ccc(Cl)cc1. The Morgan fingerprint density at radius 3 is 2.30 bits per heavy atom. The highest BCUT2D eigenvalue weighted by Gasteiger charge is 2.21. The number of hydrogen-bond donors (Lipinski definition) is 1. The van der Waals surface area contributed by atoms with Gasteiger partial charge in [0.1, 0.15) is 11.5 Å². The lowest BCUT2D eigenvalue weighted by Gasteiger charge is -2.19. The van der Waals surface area contributed by atoms with Crippen LogP contribution in [0.3, 0.4) is 0 Å². The first kappa shape index (κ1) is 15.6. The second-order valence-electron chi connectivity index (χ2n) is 4.72. The molecular formula is C16H11Cl2FN4. The maximum Gasteiger partial charge on any atom is 0.223 e. The molecule has 0 saturated heterocycles. The van der Waals surface area contributed by atoms with Gasteiger partial charge in [0, 0.05) is 23.6 Å². The Bertz CT molecular complexity index is 797. The van der Waals surface area contributed by atoms with Gasteiger partial charge in [0.2, 0.25) is 5.95 Å². The van der Waals surface area contributed by atoms with Crippen molar-refractivity contribution in [1.29, 1.82) is 0 Å². The van der Waals surface area contributed by atoms with Gasteiger partial charge >= 0.3 is 0 Å². The molecular weight excluding hydrogens is 338 g/mol. The molecule has 1 aromatic carbocycles. The van der Waals surface area contributed by atoms with Crippen molar-refractivity contribution in [3.8, 4) is 0 Å². The van der Waals surface area contributed by atoms with E-state index in [1.54, 1.807) is 42.7 Å². The summed E-state index contributed by atoms with van der Waals surface area (Å²) in [4.78, 5) is 12.3. The maximum atomic E-state index is 14.3. The van der Waals surface area contributed by atoms with Crippen LogP contribution in [0.5, 0.6) is 0 Å². The highest BCUT2D eigenvalue weighted by atomic mass is 35.5. The summed E-state index contributed by atoms with van der Waals surface area (Å²) in [5, 5.41) is 3.90. The second kappa shape index (κ2) is 6.89. The van der Waals surface area contributed by atoms with Crippen LogP contribution in [0.1, 0.15) is 17.3 Å². The molecule has 4 nitrogen and oxygen atoms in total. The summed E-state index contributed by atoms with van der Waals surface area (Å²) in [5.74, 6) is -0.149. The molecule has 0 aliphatic heterocycles. The minimum atomic E-state index is -0.577. The van der Waals surface area contributed by atoms with Gasteiger partial charge in [0.25, 0.3) is 0 Å². The predicted molar refractivity (Wildman–Crippen MR) is 88.2 cm³/mol. The highest BCUT2D eigenvalue weighted by molar-refractivity contribution is 6.30. The largest absolute Gasteiger partial charge is 0.342 e. The van der Waals surface area contributed by atoms with E-state index in [9.17, 15) is 4.39 Å². The third-order valence-corrected chi connectivity index (χ3v) is 3.61. The molecule has 3 aromatic rings.